The molecule has 0 aliphatic rings. The second kappa shape index (κ2) is 6.42. The van der Waals surface area contributed by atoms with Crippen molar-refractivity contribution in [2.75, 3.05) is 12.8 Å². The number of rotatable bonds is 3. The predicted octanol–water partition coefficient (Wildman–Crippen LogP) is 1.35. The zero-order valence-electron chi connectivity index (χ0n) is 11.4. The summed E-state index contributed by atoms with van der Waals surface area (Å²) in [4.78, 5) is 23.8. The molecule has 0 unspecified atom stereocenters. The van der Waals surface area contributed by atoms with Gasteiger partial charge in [0.2, 0.25) is 0 Å². The van der Waals surface area contributed by atoms with E-state index < -0.39 is 11.8 Å². The average molecular weight is 285 g/mol. The zero-order chi connectivity index (χ0) is 15.2. The first-order chi connectivity index (χ1) is 10.1. The molecule has 0 spiro atoms. The number of nitrogens with one attached hydrogen (secondary N) is 2. The van der Waals surface area contributed by atoms with E-state index >= 15 is 0 Å². The minimum atomic E-state index is -0.482. The molecule has 0 aliphatic carbocycles. The number of ether oxygens (including phenoxy) is 1. The number of nitrogens with two attached hydrogens (primary N) is 1. The Morgan fingerprint density at radius 3 is 2.43 bits per heavy atom. The summed E-state index contributed by atoms with van der Waals surface area (Å²) in [7, 11) is 1.51. The molecule has 2 aromatic carbocycles. The van der Waals surface area contributed by atoms with Gasteiger partial charge in [-0.3, -0.25) is 20.4 Å². The molecule has 0 fully saturated rings. The fourth-order valence-electron chi connectivity index (χ4n) is 1.72. The minimum absolute atomic E-state index is 0.295. The van der Waals surface area contributed by atoms with Crippen LogP contribution in [0.1, 0.15) is 20.7 Å². The topological polar surface area (TPSA) is 93.5 Å². The van der Waals surface area contributed by atoms with E-state index in [9.17, 15) is 9.59 Å². The third-order valence-corrected chi connectivity index (χ3v) is 2.83. The zero-order valence-corrected chi connectivity index (χ0v) is 11.4. The van der Waals surface area contributed by atoms with Gasteiger partial charge in [-0.1, -0.05) is 18.2 Å². The number of hydrazine groups is 1. The molecule has 0 heterocycles. The first-order valence-corrected chi connectivity index (χ1v) is 6.21. The van der Waals surface area contributed by atoms with E-state index in [1.165, 1.54) is 7.11 Å². The van der Waals surface area contributed by atoms with Crippen LogP contribution in [-0.4, -0.2) is 18.9 Å². The summed E-state index contributed by atoms with van der Waals surface area (Å²) in [5.74, 6) is -0.373. The van der Waals surface area contributed by atoms with Gasteiger partial charge in [-0.05, 0) is 30.3 Å². The van der Waals surface area contributed by atoms with Crippen molar-refractivity contribution in [3.63, 3.8) is 0 Å². The van der Waals surface area contributed by atoms with Crippen LogP contribution in [0, 0.1) is 0 Å². The summed E-state index contributed by atoms with van der Waals surface area (Å²) in [6.07, 6.45) is 0. The number of hydrogen-bond donors (Lipinski definition) is 3. The summed E-state index contributed by atoms with van der Waals surface area (Å²) < 4.78 is 5.03. The van der Waals surface area contributed by atoms with Crippen LogP contribution in [0.15, 0.2) is 48.5 Å². The highest BCUT2D eigenvalue weighted by Crippen LogP contribution is 2.12. The van der Waals surface area contributed by atoms with Gasteiger partial charge < -0.3 is 10.5 Å². The van der Waals surface area contributed by atoms with Crippen LogP contribution in [-0.2, 0) is 0 Å². The Morgan fingerprint density at radius 1 is 1.00 bits per heavy atom. The van der Waals surface area contributed by atoms with Gasteiger partial charge >= 0.3 is 0 Å². The standard InChI is InChI=1S/C15H15N3O3/c1-21-11-6-4-5-10(9-11)14(19)17-18-15(20)12-7-2-3-8-13(12)16/h2-9H,16H2,1H3,(H,17,19)(H,18,20). The van der Waals surface area contributed by atoms with E-state index in [-0.39, 0.29) is 0 Å². The monoisotopic (exact) mass is 285 g/mol. The van der Waals surface area contributed by atoms with E-state index in [1.54, 1.807) is 48.5 Å². The number of hydrogen-bond acceptors (Lipinski definition) is 4. The molecule has 0 bridgehead atoms. The number of nitrogen functional groups attached to an aromatic ring is 1. The molecule has 0 radical (unpaired) electrons. The van der Waals surface area contributed by atoms with Gasteiger partial charge in [0, 0.05) is 11.3 Å². The number of benzene rings is 2. The molecular formula is C15H15N3O3. The van der Waals surface area contributed by atoms with E-state index in [0.717, 1.165) is 0 Å². The third-order valence-electron chi connectivity index (χ3n) is 2.83. The lowest BCUT2D eigenvalue weighted by Gasteiger charge is -2.09. The molecule has 2 aromatic rings. The van der Waals surface area contributed by atoms with E-state index in [1.807, 2.05) is 0 Å². The Bertz CT molecular complexity index is 671. The van der Waals surface area contributed by atoms with Gasteiger partial charge in [-0.15, -0.1) is 0 Å². The van der Waals surface area contributed by atoms with Crippen LogP contribution in [0.4, 0.5) is 5.69 Å². The van der Waals surface area contributed by atoms with Crippen molar-refractivity contribution in [2.45, 2.75) is 0 Å². The summed E-state index contributed by atoms with van der Waals surface area (Å²) in [6.45, 7) is 0. The van der Waals surface area contributed by atoms with E-state index in [0.29, 0.717) is 22.6 Å². The van der Waals surface area contributed by atoms with Crippen molar-refractivity contribution in [2.24, 2.45) is 0 Å². The van der Waals surface area contributed by atoms with Crippen LogP contribution in [0.2, 0.25) is 0 Å². The molecule has 0 atom stereocenters. The van der Waals surface area contributed by atoms with E-state index in [4.69, 9.17) is 10.5 Å². The molecule has 6 heteroatoms. The molecule has 0 aliphatic heterocycles. The normalized spacial score (nSPS) is 9.76. The molecule has 0 aromatic heterocycles. The highest BCUT2D eigenvalue weighted by Gasteiger charge is 2.11. The van der Waals surface area contributed by atoms with Crippen molar-refractivity contribution in [3.8, 4) is 5.75 Å². The fourth-order valence-corrected chi connectivity index (χ4v) is 1.72. The summed E-state index contributed by atoms with van der Waals surface area (Å²) >= 11 is 0. The quantitative estimate of drug-likeness (QED) is 0.586. The predicted molar refractivity (Wildman–Crippen MR) is 78.8 cm³/mol. The van der Waals surface area contributed by atoms with Crippen LogP contribution in [0.5, 0.6) is 5.75 Å². The summed E-state index contributed by atoms with van der Waals surface area (Å²) in [5, 5.41) is 0. The Balaban J connectivity index is 2.01. The van der Waals surface area contributed by atoms with Crippen molar-refractivity contribution < 1.29 is 14.3 Å². The Hall–Kier alpha value is -3.02. The van der Waals surface area contributed by atoms with Gasteiger partial charge in [-0.25, -0.2) is 0 Å². The third kappa shape index (κ3) is 3.50. The highest BCUT2D eigenvalue weighted by molar-refractivity contribution is 6.01. The number of carbonyl (C=O) groups is 2. The average Bonchev–Trinajstić information content (AvgIpc) is 2.52. The van der Waals surface area contributed by atoms with Crippen LogP contribution in [0.3, 0.4) is 0 Å². The van der Waals surface area contributed by atoms with Gasteiger partial charge in [0.05, 0.1) is 12.7 Å². The van der Waals surface area contributed by atoms with Gasteiger partial charge in [0.15, 0.2) is 0 Å². The SMILES string of the molecule is COc1cccc(C(=O)NNC(=O)c2ccccc2N)c1. The van der Waals surface area contributed by atoms with Crippen molar-refractivity contribution in [1.82, 2.24) is 10.9 Å². The second-order valence-electron chi connectivity index (χ2n) is 4.23. The highest BCUT2D eigenvalue weighted by atomic mass is 16.5. The first kappa shape index (κ1) is 14.4. The van der Waals surface area contributed by atoms with Crippen molar-refractivity contribution >= 4 is 17.5 Å². The number of methoxy groups -OCH3 is 1. The van der Waals surface area contributed by atoms with Crippen LogP contribution < -0.4 is 21.3 Å². The summed E-state index contributed by atoms with van der Waals surface area (Å²) in [5.41, 5.74) is 11.3. The minimum Gasteiger partial charge on any atom is -0.497 e. The largest absolute Gasteiger partial charge is 0.497 e. The van der Waals surface area contributed by atoms with Crippen LogP contribution in [0.25, 0.3) is 0 Å². The number of amides is 2. The molecule has 6 nitrogen and oxygen atoms in total. The maximum absolute atomic E-state index is 11.9. The Labute approximate surface area is 121 Å². The lowest BCUT2D eigenvalue weighted by Crippen LogP contribution is -2.41. The van der Waals surface area contributed by atoms with Crippen molar-refractivity contribution in [1.29, 1.82) is 0 Å². The number of carbonyl (C=O) groups excluding carboxylic acids is 2. The maximum Gasteiger partial charge on any atom is 0.271 e. The fraction of sp³-hybridized carbons (Fsp3) is 0.0667. The molecule has 108 valence electrons. The Morgan fingerprint density at radius 2 is 1.71 bits per heavy atom. The first-order valence-electron chi connectivity index (χ1n) is 6.21. The van der Waals surface area contributed by atoms with E-state index in [2.05, 4.69) is 10.9 Å². The van der Waals surface area contributed by atoms with Crippen LogP contribution >= 0.6 is 0 Å². The molecule has 2 rings (SSSR count). The molecule has 2 amide bonds. The molecule has 21 heavy (non-hydrogen) atoms. The second-order valence-corrected chi connectivity index (χ2v) is 4.23. The summed E-state index contributed by atoms with van der Waals surface area (Å²) in [6, 6.07) is 13.2. The van der Waals surface area contributed by atoms with Crippen molar-refractivity contribution in [3.05, 3.63) is 59.7 Å². The number of anilines is 1. The molecular weight excluding hydrogens is 270 g/mol. The lowest BCUT2D eigenvalue weighted by atomic mass is 10.2. The van der Waals surface area contributed by atoms with Gasteiger partial charge in [-0.2, -0.15) is 0 Å². The lowest BCUT2D eigenvalue weighted by molar-refractivity contribution is 0.0847. The van der Waals surface area contributed by atoms with Gasteiger partial charge in [0.25, 0.3) is 11.8 Å². The molecule has 0 saturated carbocycles. The smallest absolute Gasteiger partial charge is 0.271 e. The maximum atomic E-state index is 11.9. The number of para-hydroxylation sites is 1. The van der Waals surface area contributed by atoms with Gasteiger partial charge in [0.1, 0.15) is 5.75 Å². The molecule has 0 saturated heterocycles. The molecule has 4 N–H and O–H groups in total. The Kier molecular flexibility index (Phi) is 4.40.